The molecule has 3 nitrogen and oxygen atoms in total. The van der Waals surface area contributed by atoms with Gasteiger partial charge >= 0.3 is 0 Å². The molecule has 17 heavy (non-hydrogen) atoms. The molecule has 2 N–H and O–H groups in total. The maximum Gasteiger partial charge on any atom is 0.213 e. The summed E-state index contributed by atoms with van der Waals surface area (Å²) < 4.78 is 5.63. The number of pyridine rings is 1. The van der Waals surface area contributed by atoms with E-state index in [1.165, 1.54) is 0 Å². The Balaban J connectivity index is 2.18. The normalized spacial score (nSPS) is 26.0. The fraction of sp³-hybridized carbons (Fsp3) is 0.643. The second-order valence-corrected chi connectivity index (χ2v) is 5.71. The Morgan fingerprint density at radius 2 is 2.12 bits per heavy atom. The smallest absolute Gasteiger partial charge is 0.213 e. The van der Waals surface area contributed by atoms with Gasteiger partial charge in [-0.05, 0) is 37.8 Å². The van der Waals surface area contributed by atoms with Gasteiger partial charge in [-0.2, -0.15) is 0 Å². The maximum atomic E-state index is 5.80. The van der Waals surface area contributed by atoms with Gasteiger partial charge in [0, 0.05) is 17.7 Å². The summed E-state index contributed by atoms with van der Waals surface area (Å²) in [6, 6.07) is 6.01. The summed E-state index contributed by atoms with van der Waals surface area (Å²) >= 11 is 0. The second-order valence-electron chi connectivity index (χ2n) is 5.71. The molecule has 2 atom stereocenters. The van der Waals surface area contributed by atoms with Crippen LogP contribution in [0.5, 0.6) is 5.88 Å². The van der Waals surface area contributed by atoms with Crippen LogP contribution in [0.3, 0.4) is 0 Å². The van der Waals surface area contributed by atoms with E-state index in [0.29, 0.717) is 11.8 Å². The summed E-state index contributed by atoms with van der Waals surface area (Å²) in [6.07, 6.45) is 0.162. The highest BCUT2D eigenvalue weighted by atomic mass is 16.5. The molecule has 0 aromatic carbocycles. The largest absolute Gasteiger partial charge is 0.475 e. The first-order chi connectivity index (χ1) is 7.96. The first-order valence-electron chi connectivity index (χ1n) is 6.30. The molecule has 0 aliphatic heterocycles. The van der Waals surface area contributed by atoms with Crippen molar-refractivity contribution in [1.29, 1.82) is 0 Å². The molecule has 1 aliphatic rings. The topological polar surface area (TPSA) is 48.1 Å². The van der Waals surface area contributed by atoms with Gasteiger partial charge in [0.25, 0.3) is 0 Å². The highest BCUT2D eigenvalue weighted by Gasteiger charge is 2.58. The highest BCUT2D eigenvalue weighted by molar-refractivity contribution is 5.29. The minimum absolute atomic E-state index is 0.162. The minimum atomic E-state index is 0.162. The summed E-state index contributed by atoms with van der Waals surface area (Å²) in [4.78, 5) is 4.59. The number of hydrogen-bond acceptors (Lipinski definition) is 3. The van der Waals surface area contributed by atoms with E-state index in [-0.39, 0.29) is 11.5 Å². The van der Waals surface area contributed by atoms with Crippen molar-refractivity contribution in [1.82, 2.24) is 4.98 Å². The zero-order chi connectivity index (χ0) is 12.6. The van der Waals surface area contributed by atoms with Crippen LogP contribution in [0.1, 0.15) is 39.3 Å². The van der Waals surface area contributed by atoms with Crippen LogP contribution in [0.4, 0.5) is 0 Å². The fourth-order valence-corrected chi connectivity index (χ4v) is 2.68. The molecule has 2 rings (SSSR count). The van der Waals surface area contributed by atoms with Crippen LogP contribution >= 0.6 is 0 Å². The number of nitrogens with two attached hydrogens (primary N) is 1. The molecule has 1 heterocycles. The van der Waals surface area contributed by atoms with Crippen molar-refractivity contribution in [3.63, 3.8) is 0 Å². The van der Waals surface area contributed by atoms with Crippen molar-refractivity contribution in [2.45, 2.75) is 39.7 Å². The quantitative estimate of drug-likeness (QED) is 0.871. The Labute approximate surface area is 103 Å². The van der Waals surface area contributed by atoms with Crippen LogP contribution in [-0.2, 0) is 0 Å². The summed E-state index contributed by atoms with van der Waals surface area (Å²) in [7, 11) is 0. The summed E-state index contributed by atoms with van der Waals surface area (Å²) in [5, 5.41) is 0. The SMILES string of the molecule is CC(C)Oc1cccc(C2C(CN)C2(C)C)n1. The van der Waals surface area contributed by atoms with Gasteiger partial charge in [0.15, 0.2) is 0 Å². The molecule has 0 bridgehead atoms. The first-order valence-corrected chi connectivity index (χ1v) is 6.30. The van der Waals surface area contributed by atoms with Crippen molar-refractivity contribution in [2.24, 2.45) is 17.1 Å². The predicted molar refractivity (Wildman–Crippen MR) is 69.1 cm³/mol. The van der Waals surface area contributed by atoms with Crippen molar-refractivity contribution in [2.75, 3.05) is 6.54 Å². The van der Waals surface area contributed by atoms with Crippen molar-refractivity contribution in [3.05, 3.63) is 23.9 Å². The summed E-state index contributed by atoms with van der Waals surface area (Å²) in [5.41, 5.74) is 7.19. The lowest BCUT2D eigenvalue weighted by Gasteiger charge is -2.10. The second kappa shape index (κ2) is 4.30. The van der Waals surface area contributed by atoms with E-state index in [9.17, 15) is 0 Å². The average Bonchev–Trinajstić information content (AvgIpc) is 2.79. The fourth-order valence-electron chi connectivity index (χ4n) is 2.68. The monoisotopic (exact) mass is 234 g/mol. The Morgan fingerprint density at radius 3 is 2.65 bits per heavy atom. The van der Waals surface area contributed by atoms with Crippen LogP contribution in [0.2, 0.25) is 0 Å². The Hall–Kier alpha value is -1.09. The molecule has 0 radical (unpaired) electrons. The van der Waals surface area contributed by atoms with Gasteiger partial charge in [0.2, 0.25) is 5.88 Å². The molecule has 0 spiro atoms. The van der Waals surface area contributed by atoms with Crippen LogP contribution in [0.15, 0.2) is 18.2 Å². The van der Waals surface area contributed by atoms with Crippen LogP contribution in [-0.4, -0.2) is 17.6 Å². The van der Waals surface area contributed by atoms with Gasteiger partial charge < -0.3 is 10.5 Å². The van der Waals surface area contributed by atoms with E-state index in [0.717, 1.165) is 18.1 Å². The maximum absolute atomic E-state index is 5.80. The predicted octanol–water partition coefficient (Wildman–Crippen LogP) is 2.57. The molecule has 0 amide bonds. The molecule has 3 heteroatoms. The minimum Gasteiger partial charge on any atom is -0.475 e. The van der Waals surface area contributed by atoms with E-state index in [2.05, 4.69) is 24.9 Å². The third-order valence-electron chi connectivity index (χ3n) is 3.72. The van der Waals surface area contributed by atoms with E-state index in [1.807, 2.05) is 26.0 Å². The van der Waals surface area contributed by atoms with E-state index < -0.39 is 0 Å². The number of aromatic nitrogens is 1. The van der Waals surface area contributed by atoms with Crippen molar-refractivity contribution in [3.8, 4) is 5.88 Å². The van der Waals surface area contributed by atoms with Gasteiger partial charge in [-0.25, -0.2) is 4.98 Å². The highest BCUT2D eigenvalue weighted by Crippen LogP contribution is 2.63. The number of ether oxygens (including phenoxy) is 1. The molecular weight excluding hydrogens is 212 g/mol. The zero-order valence-electron chi connectivity index (χ0n) is 11.1. The lowest BCUT2D eigenvalue weighted by molar-refractivity contribution is 0.232. The molecular formula is C14H22N2O. The zero-order valence-corrected chi connectivity index (χ0v) is 11.1. The molecule has 94 valence electrons. The molecule has 0 saturated heterocycles. The van der Waals surface area contributed by atoms with Gasteiger partial charge in [0.1, 0.15) is 0 Å². The third-order valence-corrected chi connectivity index (χ3v) is 3.72. The van der Waals surface area contributed by atoms with E-state index in [4.69, 9.17) is 10.5 Å². The molecule has 1 fully saturated rings. The lowest BCUT2D eigenvalue weighted by Crippen LogP contribution is -2.08. The van der Waals surface area contributed by atoms with Crippen LogP contribution in [0.25, 0.3) is 0 Å². The van der Waals surface area contributed by atoms with Gasteiger partial charge in [0.05, 0.1) is 6.10 Å². The molecule has 1 aromatic rings. The Bertz CT molecular complexity index is 401. The van der Waals surface area contributed by atoms with Crippen molar-refractivity contribution < 1.29 is 4.74 Å². The number of hydrogen-bond donors (Lipinski definition) is 1. The van der Waals surface area contributed by atoms with Gasteiger partial charge in [-0.3, -0.25) is 0 Å². The molecule has 1 aliphatic carbocycles. The van der Waals surface area contributed by atoms with Crippen LogP contribution in [0, 0.1) is 11.3 Å². The molecule has 2 unspecified atom stereocenters. The first kappa shape index (κ1) is 12.4. The Kier molecular flexibility index (Phi) is 3.13. The van der Waals surface area contributed by atoms with Gasteiger partial charge in [-0.15, -0.1) is 0 Å². The third kappa shape index (κ3) is 2.29. The standard InChI is InChI=1S/C14H22N2O/c1-9(2)17-12-7-5-6-11(16-12)13-10(8-15)14(13,3)4/h5-7,9-10,13H,8,15H2,1-4H3. The Morgan fingerprint density at radius 1 is 1.41 bits per heavy atom. The number of nitrogens with zero attached hydrogens (tertiary/aromatic N) is 1. The molecule has 1 saturated carbocycles. The summed E-state index contributed by atoms with van der Waals surface area (Å²) in [6.45, 7) is 9.27. The van der Waals surface area contributed by atoms with E-state index in [1.54, 1.807) is 0 Å². The van der Waals surface area contributed by atoms with E-state index >= 15 is 0 Å². The van der Waals surface area contributed by atoms with Crippen LogP contribution < -0.4 is 10.5 Å². The van der Waals surface area contributed by atoms with Crippen molar-refractivity contribution >= 4 is 0 Å². The lowest BCUT2D eigenvalue weighted by atomic mass is 10.1. The average molecular weight is 234 g/mol. The molecule has 1 aromatic heterocycles. The summed E-state index contributed by atoms with van der Waals surface area (Å²) in [5.74, 6) is 1.74. The van der Waals surface area contributed by atoms with Gasteiger partial charge in [-0.1, -0.05) is 19.9 Å². The number of rotatable bonds is 4.